The molecular formula is C14H12BrF2NO2. The first-order chi connectivity index (χ1) is 9.51. The lowest BCUT2D eigenvalue weighted by Gasteiger charge is -2.11. The number of aromatic hydroxyl groups is 1. The number of phenols is 1. The van der Waals surface area contributed by atoms with Gasteiger partial charge >= 0.3 is 0 Å². The van der Waals surface area contributed by atoms with E-state index in [1.54, 1.807) is 12.1 Å². The normalized spacial score (nSPS) is 10.4. The van der Waals surface area contributed by atoms with Gasteiger partial charge < -0.3 is 15.2 Å². The maximum Gasteiger partial charge on any atom is 0.149 e. The second-order valence-electron chi connectivity index (χ2n) is 4.09. The van der Waals surface area contributed by atoms with Crippen LogP contribution in [0.25, 0.3) is 0 Å². The van der Waals surface area contributed by atoms with E-state index in [1.165, 1.54) is 19.2 Å². The zero-order valence-corrected chi connectivity index (χ0v) is 12.2. The second-order valence-corrected chi connectivity index (χ2v) is 4.95. The van der Waals surface area contributed by atoms with Crippen LogP contribution in [0.2, 0.25) is 0 Å². The minimum absolute atomic E-state index is 0.0693. The highest BCUT2D eigenvalue weighted by molar-refractivity contribution is 9.10. The molecule has 0 bridgehead atoms. The minimum atomic E-state index is -0.701. The summed E-state index contributed by atoms with van der Waals surface area (Å²) in [6.07, 6.45) is 0. The molecule has 2 aromatic rings. The Morgan fingerprint density at radius 3 is 2.65 bits per heavy atom. The SMILES string of the molecule is COc1ccc(O)c(CNc2cc(Br)c(F)cc2F)c1. The van der Waals surface area contributed by atoms with Crippen molar-refractivity contribution in [2.45, 2.75) is 6.54 Å². The summed E-state index contributed by atoms with van der Waals surface area (Å²) >= 11 is 2.99. The average molecular weight is 344 g/mol. The standard InChI is InChI=1S/C14H12BrF2NO2/c1-20-9-2-3-14(19)8(4-9)7-18-13-5-10(15)11(16)6-12(13)17/h2-6,18-19H,7H2,1H3. The first-order valence-corrected chi connectivity index (χ1v) is 6.55. The fourth-order valence-electron chi connectivity index (χ4n) is 1.68. The fourth-order valence-corrected chi connectivity index (χ4v) is 2.02. The summed E-state index contributed by atoms with van der Waals surface area (Å²) in [5, 5.41) is 12.5. The van der Waals surface area contributed by atoms with Crippen molar-refractivity contribution in [3.63, 3.8) is 0 Å². The van der Waals surface area contributed by atoms with Crippen LogP contribution < -0.4 is 10.1 Å². The van der Waals surface area contributed by atoms with Gasteiger partial charge in [-0.05, 0) is 40.2 Å². The van der Waals surface area contributed by atoms with Crippen molar-refractivity contribution in [3.05, 3.63) is 52.0 Å². The van der Waals surface area contributed by atoms with Gasteiger partial charge in [-0.25, -0.2) is 8.78 Å². The van der Waals surface area contributed by atoms with Gasteiger partial charge in [0.05, 0.1) is 17.3 Å². The number of methoxy groups -OCH3 is 1. The van der Waals surface area contributed by atoms with Crippen molar-refractivity contribution in [1.29, 1.82) is 0 Å². The van der Waals surface area contributed by atoms with Gasteiger partial charge in [0, 0.05) is 18.2 Å². The van der Waals surface area contributed by atoms with Crippen molar-refractivity contribution in [2.75, 3.05) is 12.4 Å². The highest BCUT2D eigenvalue weighted by Crippen LogP contribution is 2.27. The number of ether oxygens (including phenoxy) is 1. The van der Waals surface area contributed by atoms with E-state index in [0.29, 0.717) is 11.3 Å². The molecular weight excluding hydrogens is 332 g/mol. The lowest BCUT2D eigenvalue weighted by atomic mass is 10.2. The minimum Gasteiger partial charge on any atom is -0.508 e. The number of rotatable bonds is 4. The van der Waals surface area contributed by atoms with E-state index in [1.807, 2.05) is 0 Å². The third-order valence-electron chi connectivity index (χ3n) is 2.77. The van der Waals surface area contributed by atoms with Crippen LogP contribution >= 0.6 is 15.9 Å². The first kappa shape index (κ1) is 14.6. The van der Waals surface area contributed by atoms with E-state index in [4.69, 9.17) is 4.74 Å². The summed E-state index contributed by atoms with van der Waals surface area (Å²) in [7, 11) is 1.51. The molecule has 2 aromatic carbocycles. The summed E-state index contributed by atoms with van der Waals surface area (Å²) < 4.78 is 31.9. The highest BCUT2D eigenvalue weighted by Gasteiger charge is 2.09. The molecule has 0 saturated carbocycles. The Bertz CT molecular complexity index is 635. The first-order valence-electron chi connectivity index (χ1n) is 5.75. The summed E-state index contributed by atoms with van der Waals surface area (Å²) in [6, 6.07) is 6.85. The molecule has 0 radical (unpaired) electrons. The molecule has 0 amide bonds. The monoisotopic (exact) mass is 343 g/mol. The van der Waals surface area contributed by atoms with Crippen molar-refractivity contribution >= 4 is 21.6 Å². The summed E-state index contributed by atoms with van der Waals surface area (Å²) in [4.78, 5) is 0. The van der Waals surface area contributed by atoms with E-state index < -0.39 is 11.6 Å². The van der Waals surface area contributed by atoms with Crippen LogP contribution in [0.5, 0.6) is 11.5 Å². The molecule has 0 atom stereocenters. The van der Waals surface area contributed by atoms with E-state index >= 15 is 0 Å². The predicted molar refractivity (Wildman–Crippen MR) is 76.0 cm³/mol. The number of halogens is 3. The van der Waals surface area contributed by atoms with Crippen LogP contribution in [0, 0.1) is 11.6 Å². The second kappa shape index (κ2) is 6.09. The van der Waals surface area contributed by atoms with Crippen LogP contribution in [0.4, 0.5) is 14.5 Å². The van der Waals surface area contributed by atoms with Crippen molar-refractivity contribution in [3.8, 4) is 11.5 Å². The molecule has 0 saturated heterocycles. The molecule has 2 rings (SSSR count). The number of phenolic OH excluding ortho intramolecular Hbond substituents is 1. The Morgan fingerprint density at radius 1 is 1.20 bits per heavy atom. The van der Waals surface area contributed by atoms with Gasteiger partial charge in [-0.1, -0.05) is 0 Å². The molecule has 6 heteroatoms. The van der Waals surface area contributed by atoms with Crippen LogP contribution in [0.3, 0.4) is 0 Å². The van der Waals surface area contributed by atoms with Crippen molar-refractivity contribution in [1.82, 2.24) is 0 Å². The molecule has 0 aliphatic rings. The topological polar surface area (TPSA) is 41.5 Å². The maximum atomic E-state index is 13.6. The lowest BCUT2D eigenvalue weighted by Crippen LogP contribution is -2.03. The van der Waals surface area contributed by atoms with E-state index in [9.17, 15) is 13.9 Å². The molecule has 0 spiro atoms. The number of nitrogens with one attached hydrogen (secondary N) is 1. The molecule has 106 valence electrons. The van der Waals surface area contributed by atoms with Gasteiger partial charge in [0.25, 0.3) is 0 Å². The molecule has 0 unspecified atom stereocenters. The number of hydrogen-bond donors (Lipinski definition) is 2. The number of benzene rings is 2. The molecule has 3 nitrogen and oxygen atoms in total. The van der Waals surface area contributed by atoms with Crippen LogP contribution in [-0.2, 0) is 6.54 Å². The largest absolute Gasteiger partial charge is 0.508 e. The van der Waals surface area contributed by atoms with Gasteiger partial charge in [-0.2, -0.15) is 0 Å². The smallest absolute Gasteiger partial charge is 0.149 e. The summed E-state index contributed by atoms with van der Waals surface area (Å²) in [5.74, 6) is -0.717. The Labute approximate surface area is 123 Å². The number of hydrogen-bond acceptors (Lipinski definition) is 3. The van der Waals surface area contributed by atoms with E-state index in [2.05, 4.69) is 21.2 Å². The Kier molecular flexibility index (Phi) is 4.44. The molecule has 20 heavy (non-hydrogen) atoms. The molecule has 0 aliphatic heterocycles. The van der Waals surface area contributed by atoms with Crippen LogP contribution in [0.1, 0.15) is 5.56 Å². The summed E-state index contributed by atoms with van der Waals surface area (Å²) in [6.45, 7) is 0.179. The Balaban J connectivity index is 2.18. The molecule has 2 N–H and O–H groups in total. The van der Waals surface area contributed by atoms with Gasteiger partial charge in [0.2, 0.25) is 0 Å². The fraction of sp³-hybridized carbons (Fsp3) is 0.143. The van der Waals surface area contributed by atoms with Crippen molar-refractivity contribution in [2.24, 2.45) is 0 Å². The van der Waals surface area contributed by atoms with Crippen LogP contribution in [-0.4, -0.2) is 12.2 Å². The Hall–Kier alpha value is -1.82. The maximum absolute atomic E-state index is 13.6. The highest BCUT2D eigenvalue weighted by atomic mass is 79.9. The van der Waals surface area contributed by atoms with Gasteiger partial charge in [-0.15, -0.1) is 0 Å². The zero-order valence-electron chi connectivity index (χ0n) is 10.6. The van der Waals surface area contributed by atoms with Gasteiger partial charge in [-0.3, -0.25) is 0 Å². The average Bonchev–Trinajstić information content (AvgIpc) is 2.43. The van der Waals surface area contributed by atoms with Crippen molar-refractivity contribution < 1.29 is 18.6 Å². The lowest BCUT2D eigenvalue weighted by molar-refractivity contribution is 0.411. The quantitative estimate of drug-likeness (QED) is 0.822. The van der Waals surface area contributed by atoms with E-state index in [-0.39, 0.29) is 22.5 Å². The third kappa shape index (κ3) is 3.19. The third-order valence-corrected chi connectivity index (χ3v) is 3.37. The summed E-state index contributed by atoms with van der Waals surface area (Å²) in [5.41, 5.74) is 0.685. The Morgan fingerprint density at radius 2 is 1.95 bits per heavy atom. The molecule has 0 fully saturated rings. The molecule has 0 aromatic heterocycles. The van der Waals surface area contributed by atoms with Crippen LogP contribution in [0.15, 0.2) is 34.8 Å². The van der Waals surface area contributed by atoms with Gasteiger partial charge in [0.1, 0.15) is 23.1 Å². The number of anilines is 1. The molecule has 0 heterocycles. The van der Waals surface area contributed by atoms with E-state index in [0.717, 1.165) is 6.07 Å². The zero-order chi connectivity index (χ0) is 14.7. The predicted octanol–water partition coefficient (Wildman–Crippen LogP) is 4.05. The molecule has 0 aliphatic carbocycles. The van der Waals surface area contributed by atoms with Gasteiger partial charge in [0.15, 0.2) is 0 Å².